The van der Waals surface area contributed by atoms with E-state index in [0.29, 0.717) is 30.0 Å². The van der Waals surface area contributed by atoms with Crippen molar-refractivity contribution in [2.45, 2.75) is 19.0 Å². The summed E-state index contributed by atoms with van der Waals surface area (Å²) in [7, 11) is 3.13. The molecule has 2 aromatic carbocycles. The van der Waals surface area contributed by atoms with Crippen LogP contribution in [0.15, 0.2) is 47.6 Å². The monoisotopic (exact) mass is 418 g/mol. The second-order valence-electron chi connectivity index (χ2n) is 7.62. The topological polar surface area (TPSA) is 87.2 Å². The third-order valence-corrected chi connectivity index (χ3v) is 5.93. The summed E-state index contributed by atoms with van der Waals surface area (Å²) in [6.07, 6.45) is 2.01. The molecule has 8 nitrogen and oxygen atoms in total. The number of aromatic nitrogens is 1. The van der Waals surface area contributed by atoms with Gasteiger partial charge < -0.3 is 19.4 Å². The first-order chi connectivity index (χ1) is 15.1. The summed E-state index contributed by atoms with van der Waals surface area (Å²) in [5.74, 6) is 0.930. The largest absolute Gasteiger partial charge is 0.497 e. The molecule has 0 aliphatic carbocycles. The molecular weight excluding hydrogens is 396 g/mol. The van der Waals surface area contributed by atoms with Crippen LogP contribution < -0.4 is 9.47 Å². The molecule has 1 atom stereocenters. The summed E-state index contributed by atoms with van der Waals surface area (Å²) < 4.78 is 10.6. The highest BCUT2D eigenvalue weighted by molar-refractivity contribution is 5.97. The zero-order valence-corrected chi connectivity index (χ0v) is 17.3. The van der Waals surface area contributed by atoms with Crippen molar-refractivity contribution in [2.24, 2.45) is 5.10 Å². The van der Waals surface area contributed by atoms with Crippen molar-refractivity contribution in [2.75, 3.05) is 20.8 Å². The molecule has 3 heterocycles. The van der Waals surface area contributed by atoms with E-state index >= 15 is 0 Å². The lowest BCUT2D eigenvalue weighted by atomic mass is 9.94. The van der Waals surface area contributed by atoms with Crippen molar-refractivity contribution in [1.29, 1.82) is 0 Å². The number of amides is 2. The van der Waals surface area contributed by atoms with Gasteiger partial charge in [-0.25, -0.2) is 5.01 Å². The van der Waals surface area contributed by atoms with Crippen LogP contribution in [0.2, 0.25) is 0 Å². The number of ether oxygens (including phenoxy) is 2. The zero-order chi connectivity index (χ0) is 21.5. The molecule has 0 saturated carbocycles. The van der Waals surface area contributed by atoms with E-state index in [4.69, 9.17) is 9.47 Å². The number of benzene rings is 2. The highest BCUT2D eigenvalue weighted by atomic mass is 16.5. The van der Waals surface area contributed by atoms with Crippen LogP contribution in [0.3, 0.4) is 0 Å². The Labute approximate surface area is 179 Å². The van der Waals surface area contributed by atoms with Crippen molar-refractivity contribution in [3.63, 3.8) is 0 Å². The number of nitrogens with zero attached hydrogens (tertiary/aromatic N) is 3. The number of aromatic amines is 1. The van der Waals surface area contributed by atoms with Crippen molar-refractivity contribution in [3.05, 3.63) is 59.3 Å². The van der Waals surface area contributed by atoms with Gasteiger partial charge in [0.2, 0.25) is 5.91 Å². The first-order valence-corrected chi connectivity index (χ1v) is 10.0. The fourth-order valence-corrected chi connectivity index (χ4v) is 4.31. The van der Waals surface area contributed by atoms with Gasteiger partial charge in [0, 0.05) is 34.6 Å². The molecule has 1 aromatic heterocycles. The molecule has 0 spiro atoms. The Balaban J connectivity index is 1.42. The molecule has 158 valence electrons. The summed E-state index contributed by atoms with van der Waals surface area (Å²) >= 11 is 0. The number of carbonyl (C=O) groups is 2. The summed E-state index contributed by atoms with van der Waals surface area (Å²) in [6.45, 7) is 0.322. The first kappa shape index (κ1) is 19.2. The molecule has 0 unspecified atom stereocenters. The van der Waals surface area contributed by atoms with Gasteiger partial charge in [0.05, 0.1) is 27.0 Å². The van der Waals surface area contributed by atoms with Gasteiger partial charge in [-0.3, -0.25) is 9.59 Å². The van der Waals surface area contributed by atoms with Crippen LogP contribution in [0.1, 0.15) is 16.8 Å². The van der Waals surface area contributed by atoms with Crippen LogP contribution in [0, 0.1) is 0 Å². The lowest BCUT2D eigenvalue weighted by Gasteiger charge is -2.40. The van der Waals surface area contributed by atoms with Gasteiger partial charge in [0.15, 0.2) is 0 Å². The van der Waals surface area contributed by atoms with E-state index in [0.717, 1.165) is 22.2 Å². The molecule has 3 aromatic rings. The second-order valence-corrected chi connectivity index (χ2v) is 7.62. The van der Waals surface area contributed by atoms with Crippen molar-refractivity contribution in [1.82, 2.24) is 14.9 Å². The highest BCUT2D eigenvalue weighted by Gasteiger charge is 2.43. The Bertz CT molecular complexity index is 1220. The number of hydrogen-bond donors (Lipinski definition) is 1. The molecule has 1 saturated heterocycles. The predicted molar refractivity (Wildman–Crippen MR) is 115 cm³/mol. The standard InChI is InChI=1S/C23H22N4O4/c1-30-15-8-7-14(21(9-15)31-2)11-24-27-13-22(28)26-12-19-17(10-20(26)23(27)29)16-5-3-4-6-18(16)25-19/h3-9,11,20,25H,10,12-13H2,1-2H3/b24-11-/t20-/m1/s1. The Morgan fingerprint density at radius 2 is 1.94 bits per heavy atom. The lowest BCUT2D eigenvalue weighted by molar-refractivity contribution is -0.157. The Hall–Kier alpha value is -3.81. The zero-order valence-electron chi connectivity index (χ0n) is 17.3. The quantitative estimate of drug-likeness (QED) is 0.659. The minimum atomic E-state index is -0.553. The van der Waals surface area contributed by atoms with Crippen LogP contribution in [0.5, 0.6) is 11.5 Å². The van der Waals surface area contributed by atoms with Gasteiger partial charge in [0.25, 0.3) is 5.91 Å². The van der Waals surface area contributed by atoms with Crippen molar-refractivity contribution < 1.29 is 19.1 Å². The minimum absolute atomic E-state index is 0.0835. The normalized spacial score (nSPS) is 18.5. The number of methoxy groups -OCH3 is 2. The highest BCUT2D eigenvalue weighted by Crippen LogP contribution is 2.32. The molecule has 0 radical (unpaired) electrons. The Morgan fingerprint density at radius 3 is 2.74 bits per heavy atom. The number of para-hydroxylation sites is 1. The average molecular weight is 418 g/mol. The molecule has 2 aliphatic rings. The van der Waals surface area contributed by atoms with Gasteiger partial charge in [-0.1, -0.05) is 18.2 Å². The van der Waals surface area contributed by atoms with E-state index < -0.39 is 6.04 Å². The maximum absolute atomic E-state index is 13.2. The van der Waals surface area contributed by atoms with Crippen molar-refractivity contribution in [3.8, 4) is 11.5 Å². The summed E-state index contributed by atoms with van der Waals surface area (Å²) in [5, 5.41) is 6.68. The number of nitrogens with one attached hydrogen (secondary N) is 1. The average Bonchev–Trinajstić information content (AvgIpc) is 3.17. The Morgan fingerprint density at radius 1 is 1.10 bits per heavy atom. The van der Waals surface area contributed by atoms with E-state index in [-0.39, 0.29) is 18.4 Å². The maximum atomic E-state index is 13.2. The first-order valence-electron chi connectivity index (χ1n) is 10.0. The molecule has 0 bridgehead atoms. The van der Waals surface area contributed by atoms with E-state index in [1.807, 2.05) is 24.3 Å². The molecule has 8 heteroatoms. The third kappa shape index (κ3) is 3.20. The summed E-state index contributed by atoms with van der Waals surface area (Å²) in [6, 6.07) is 12.8. The number of H-pyrrole nitrogens is 1. The van der Waals surface area contributed by atoms with Crippen LogP contribution in [0.25, 0.3) is 10.9 Å². The van der Waals surface area contributed by atoms with Gasteiger partial charge in [-0.15, -0.1) is 0 Å². The molecule has 1 fully saturated rings. The van der Waals surface area contributed by atoms with Crippen LogP contribution >= 0.6 is 0 Å². The van der Waals surface area contributed by atoms with Crippen LogP contribution in [-0.4, -0.2) is 59.7 Å². The summed E-state index contributed by atoms with van der Waals surface area (Å²) in [4.78, 5) is 31.1. The number of carbonyl (C=O) groups excluding carboxylic acids is 2. The maximum Gasteiger partial charge on any atom is 0.266 e. The molecule has 5 rings (SSSR count). The van der Waals surface area contributed by atoms with Crippen LogP contribution in [0.4, 0.5) is 0 Å². The fraction of sp³-hybridized carbons (Fsp3) is 0.261. The van der Waals surface area contributed by atoms with Gasteiger partial charge in [-0.2, -0.15) is 5.10 Å². The van der Waals surface area contributed by atoms with Gasteiger partial charge in [-0.05, 0) is 23.8 Å². The number of fused-ring (bicyclic) bond motifs is 4. The molecule has 2 aliphatic heterocycles. The molecule has 31 heavy (non-hydrogen) atoms. The van der Waals surface area contributed by atoms with Crippen molar-refractivity contribution >= 4 is 28.9 Å². The molecule has 1 N–H and O–H groups in total. The van der Waals surface area contributed by atoms with E-state index in [1.165, 1.54) is 5.01 Å². The molecular formula is C23H22N4O4. The van der Waals surface area contributed by atoms with Gasteiger partial charge in [0.1, 0.15) is 24.1 Å². The predicted octanol–water partition coefficient (Wildman–Crippen LogP) is 2.31. The third-order valence-electron chi connectivity index (χ3n) is 5.93. The lowest BCUT2D eigenvalue weighted by Crippen LogP contribution is -2.60. The number of piperazine rings is 1. The van der Waals surface area contributed by atoms with E-state index in [1.54, 1.807) is 43.5 Å². The number of hydrogen-bond acceptors (Lipinski definition) is 5. The SMILES string of the molecule is COc1ccc(/C=N\N2CC(=O)N3Cc4[nH]c5ccccc5c4C[C@@H]3C2=O)c(OC)c1. The Kier molecular flexibility index (Phi) is 4.62. The number of hydrazone groups is 1. The minimum Gasteiger partial charge on any atom is -0.497 e. The second kappa shape index (κ2) is 7.46. The fourth-order valence-electron chi connectivity index (χ4n) is 4.31. The van der Waals surface area contributed by atoms with E-state index in [9.17, 15) is 9.59 Å². The van der Waals surface area contributed by atoms with Gasteiger partial charge >= 0.3 is 0 Å². The number of rotatable bonds is 4. The summed E-state index contributed by atoms with van der Waals surface area (Å²) in [5.41, 5.74) is 3.81. The molecule has 2 amide bonds. The smallest absolute Gasteiger partial charge is 0.266 e. The van der Waals surface area contributed by atoms with Crippen LogP contribution in [-0.2, 0) is 22.6 Å². The van der Waals surface area contributed by atoms with E-state index in [2.05, 4.69) is 10.1 Å².